The van der Waals surface area contributed by atoms with Gasteiger partial charge in [0.1, 0.15) is 5.84 Å². The van der Waals surface area contributed by atoms with Gasteiger partial charge in [-0.25, -0.2) is 0 Å². The molecule has 1 aromatic heterocycles. The zero-order valence-electron chi connectivity index (χ0n) is 8.09. The lowest BCUT2D eigenvalue weighted by molar-refractivity contribution is 1.07. The summed E-state index contributed by atoms with van der Waals surface area (Å²) in [6.45, 7) is 2.11. The number of nitrogens with one attached hydrogen (secondary N) is 2. The van der Waals surface area contributed by atoms with Crippen LogP contribution in [0.4, 0.5) is 0 Å². The quantitative estimate of drug-likeness (QED) is 0.488. The average molecular weight is 187 g/mol. The van der Waals surface area contributed by atoms with Crippen molar-refractivity contribution in [1.82, 2.24) is 4.98 Å². The van der Waals surface area contributed by atoms with E-state index in [1.54, 1.807) is 0 Å². The van der Waals surface area contributed by atoms with Crippen LogP contribution in [0.5, 0.6) is 0 Å². The van der Waals surface area contributed by atoms with Gasteiger partial charge in [-0.05, 0) is 23.9 Å². The molecule has 2 aromatic rings. The minimum atomic E-state index is 0.111. The highest BCUT2D eigenvalue weighted by molar-refractivity contribution is 5.98. The number of H-pyrrole nitrogens is 1. The maximum absolute atomic E-state index is 7.33. The third-order valence-electron chi connectivity index (χ3n) is 2.37. The highest BCUT2D eigenvalue weighted by Gasteiger charge is 2.01. The summed E-state index contributed by atoms with van der Waals surface area (Å²) in [6, 6.07) is 7.90. The van der Waals surface area contributed by atoms with Crippen molar-refractivity contribution >= 4 is 16.7 Å². The number of aryl methyl sites for hydroxylation is 1. The molecule has 0 radical (unpaired) electrons. The van der Waals surface area contributed by atoms with E-state index in [9.17, 15) is 0 Å². The van der Waals surface area contributed by atoms with Crippen molar-refractivity contribution in [2.45, 2.75) is 13.3 Å². The number of hydrogen-bond donors (Lipinski definition) is 3. The maximum atomic E-state index is 7.33. The van der Waals surface area contributed by atoms with E-state index in [1.165, 1.54) is 11.1 Å². The van der Waals surface area contributed by atoms with Crippen LogP contribution in [0.15, 0.2) is 24.3 Å². The minimum Gasteiger partial charge on any atom is -0.384 e. The van der Waals surface area contributed by atoms with Crippen LogP contribution in [-0.4, -0.2) is 10.8 Å². The zero-order valence-corrected chi connectivity index (χ0v) is 8.09. The van der Waals surface area contributed by atoms with Gasteiger partial charge in [0.15, 0.2) is 0 Å². The van der Waals surface area contributed by atoms with Gasteiger partial charge in [0, 0.05) is 16.8 Å². The molecule has 0 saturated heterocycles. The SMILES string of the molecule is CCc1cc2ccc(C(=N)N)cc2[nH]1. The summed E-state index contributed by atoms with van der Waals surface area (Å²) < 4.78 is 0. The number of aromatic nitrogens is 1. The Morgan fingerprint density at radius 2 is 2.21 bits per heavy atom. The molecule has 0 bridgehead atoms. The van der Waals surface area contributed by atoms with E-state index in [-0.39, 0.29) is 5.84 Å². The third-order valence-corrected chi connectivity index (χ3v) is 2.37. The molecule has 0 fully saturated rings. The van der Waals surface area contributed by atoms with Crippen LogP contribution >= 0.6 is 0 Å². The number of benzene rings is 1. The molecular weight excluding hydrogens is 174 g/mol. The molecule has 0 atom stereocenters. The van der Waals surface area contributed by atoms with Crippen molar-refractivity contribution in [3.05, 3.63) is 35.5 Å². The summed E-state index contributed by atoms with van der Waals surface area (Å²) in [4.78, 5) is 3.29. The molecule has 14 heavy (non-hydrogen) atoms. The monoisotopic (exact) mass is 187 g/mol. The molecule has 2 rings (SSSR count). The lowest BCUT2D eigenvalue weighted by Crippen LogP contribution is -2.10. The zero-order chi connectivity index (χ0) is 10.1. The highest BCUT2D eigenvalue weighted by Crippen LogP contribution is 2.17. The molecule has 1 aromatic carbocycles. The fourth-order valence-corrected chi connectivity index (χ4v) is 1.55. The van der Waals surface area contributed by atoms with Crippen LogP contribution in [0.2, 0.25) is 0 Å². The molecule has 1 heterocycles. The van der Waals surface area contributed by atoms with Gasteiger partial charge < -0.3 is 10.7 Å². The number of nitrogens with two attached hydrogens (primary N) is 1. The first-order valence-electron chi connectivity index (χ1n) is 4.66. The summed E-state index contributed by atoms with van der Waals surface area (Å²) in [5.41, 5.74) is 8.44. The fourth-order valence-electron chi connectivity index (χ4n) is 1.55. The van der Waals surface area contributed by atoms with Gasteiger partial charge in [0.25, 0.3) is 0 Å². The standard InChI is InChI=1S/C11H13N3/c1-2-9-5-7-3-4-8(11(12)13)6-10(7)14-9/h3-6,14H,2H2,1H3,(H3,12,13). The van der Waals surface area contributed by atoms with Crippen molar-refractivity contribution in [3.8, 4) is 0 Å². The van der Waals surface area contributed by atoms with Crippen molar-refractivity contribution < 1.29 is 0 Å². The van der Waals surface area contributed by atoms with Gasteiger partial charge in [-0.1, -0.05) is 19.1 Å². The first kappa shape index (κ1) is 8.81. The number of aromatic amines is 1. The van der Waals surface area contributed by atoms with Gasteiger partial charge in [0.05, 0.1) is 0 Å². The smallest absolute Gasteiger partial charge is 0.122 e. The predicted octanol–water partition coefficient (Wildman–Crippen LogP) is 2.01. The maximum Gasteiger partial charge on any atom is 0.122 e. The molecule has 72 valence electrons. The largest absolute Gasteiger partial charge is 0.384 e. The average Bonchev–Trinajstić information content (AvgIpc) is 2.58. The highest BCUT2D eigenvalue weighted by atomic mass is 14.7. The topological polar surface area (TPSA) is 65.7 Å². The van der Waals surface area contributed by atoms with Crippen molar-refractivity contribution in [2.75, 3.05) is 0 Å². The number of fused-ring (bicyclic) bond motifs is 1. The number of nitrogen functional groups attached to an aromatic ring is 1. The normalized spacial score (nSPS) is 10.6. The van der Waals surface area contributed by atoms with Crippen molar-refractivity contribution in [2.24, 2.45) is 5.73 Å². The Hall–Kier alpha value is -1.77. The van der Waals surface area contributed by atoms with Crippen LogP contribution < -0.4 is 5.73 Å². The van der Waals surface area contributed by atoms with Crippen LogP contribution in [0, 0.1) is 5.41 Å². The Bertz CT molecular complexity index is 482. The lowest BCUT2D eigenvalue weighted by atomic mass is 10.1. The minimum absolute atomic E-state index is 0.111. The van der Waals surface area contributed by atoms with Crippen molar-refractivity contribution in [1.29, 1.82) is 5.41 Å². The van der Waals surface area contributed by atoms with E-state index in [4.69, 9.17) is 11.1 Å². The lowest BCUT2D eigenvalue weighted by Gasteiger charge is -1.97. The van der Waals surface area contributed by atoms with E-state index >= 15 is 0 Å². The van der Waals surface area contributed by atoms with Crippen LogP contribution in [0.25, 0.3) is 10.9 Å². The molecule has 0 aliphatic heterocycles. The molecular formula is C11H13N3. The molecule has 4 N–H and O–H groups in total. The molecule has 3 nitrogen and oxygen atoms in total. The van der Waals surface area contributed by atoms with Gasteiger partial charge in [-0.15, -0.1) is 0 Å². The summed E-state index contributed by atoms with van der Waals surface area (Å²) in [5, 5.41) is 8.50. The summed E-state index contributed by atoms with van der Waals surface area (Å²) in [5.74, 6) is 0.111. The Balaban J connectivity index is 2.59. The molecule has 0 amide bonds. The Labute approximate surface area is 82.4 Å². The molecule has 0 aliphatic carbocycles. The Morgan fingerprint density at radius 3 is 2.86 bits per heavy atom. The first-order chi connectivity index (χ1) is 6.70. The molecule has 3 heteroatoms. The van der Waals surface area contributed by atoms with E-state index in [0.29, 0.717) is 0 Å². The Morgan fingerprint density at radius 1 is 1.43 bits per heavy atom. The van der Waals surface area contributed by atoms with Gasteiger partial charge in [-0.3, -0.25) is 5.41 Å². The van der Waals surface area contributed by atoms with E-state index in [1.807, 2.05) is 18.2 Å². The number of hydrogen-bond acceptors (Lipinski definition) is 1. The predicted molar refractivity (Wildman–Crippen MR) is 58.7 cm³/mol. The Kier molecular flexibility index (Phi) is 2.00. The molecule has 0 saturated carbocycles. The summed E-state index contributed by atoms with van der Waals surface area (Å²) in [6.07, 6.45) is 0.990. The molecule has 0 spiro atoms. The second kappa shape index (κ2) is 3.18. The van der Waals surface area contributed by atoms with Crippen LogP contribution in [0.3, 0.4) is 0 Å². The second-order valence-electron chi connectivity index (χ2n) is 3.36. The number of rotatable bonds is 2. The second-order valence-corrected chi connectivity index (χ2v) is 3.36. The fraction of sp³-hybridized carbons (Fsp3) is 0.182. The van der Waals surface area contributed by atoms with E-state index < -0.39 is 0 Å². The summed E-state index contributed by atoms with van der Waals surface area (Å²) in [7, 11) is 0. The first-order valence-corrected chi connectivity index (χ1v) is 4.66. The van der Waals surface area contributed by atoms with Gasteiger partial charge >= 0.3 is 0 Å². The van der Waals surface area contributed by atoms with Gasteiger partial charge in [-0.2, -0.15) is 0 Å². The van der Waals surface area contributed by atoms with Gasteiger partial charge in [0.2, 0.25) is 0 Å². The summed E-state index contributed by atoms with van der Waals surface area (Å²) >= 11 is 0. The van der Waals surface area contributed by atoms with Crippen molar-refractivity contribution in [3.63, 3.8) is 0 Å². The molecule has 0 aliphatic rings. The third kappa shape index (κ3) is 1.37. The molecule has 0 unspecified atom stereocenters. The number of amidine groups is 1. The van der Waals surface area contributed by atoms with Crippen LogP contribution in [0.1, 0.15) is 18.2 Å². The van der Waals surface area contributed by atoms with E-state index in [2.05, 4.69) is 18.0 Å². The van der Waals surface area contributed by atoms with E-state index in [0.717, 1.165) is 17.5 Å². The van der Waals surface area contributed by atoms with Crippen LogP contribution in [-0.2, 0) is 6.42 Å².